The van der Waals surface area contributed by atoms with Gasteiger partial charge in [0, 0.05) is 111 Å². The van der Waals surface area contributed by atoms with E-state index in [9.17, 15) is 0 Å². The number of hydrogen-bond donors (Lipinski definition) is 0. The molecule has 2 aliphatic heterocycles. The van der Waals surface area contributed by atoms with Crippen LogP contribution < -0.4 is 23.7 Å². The standard InChI is InChI=1S/2C20H19N3O2.2C19H16N3O2.C17H15N2O2/c1-11-5-7-14-17(16(11)23-10-9-22(4)13(23)3)24-19-15-8-6-12(2)21-20(15)25-18(14)19;1-11-9-15-17(10-16(11)23-8-7-22(4)13(23)3)24-18-14-6-5-12(2)21-20(14)25-19(15)18;1-11-5-7-13-16(15(11)22-10-4-9-21(22)3)23-18-14-8-6-12(2)20-19(14)24-17(13)18;1-11-9-14-16(10-15(11)22-8-4-7-21(22)3)23-17-13-6-5-12(2)20-19(13)24-18(14)17;1-10-7-8-12-15-17(20-11(2)18-15)21-16(12)14(10)13-6-4-5-9-19(13)3/h2*5-10,13H,1-4H3;2*4-10H,1-3H3;4-9H,1-3H3/q;;3*+1/t2*13-;;;/m00.../s1. The van der Waals surface area contributed by atoms with Gasteiger partial charge in [-0.05, 0) is 189 Å². The van der Waals surface area contributed by atoms with Gasteiger partial charge in [-0.25, -0.2) is 29.5 Å². The predicted molar refractivity (Wildman–Crippen MR) is 462 cm³/mol. The van der Waals surface area contributed by atoms with Crippen molar-refractivity contribution in [2.24, 2.45) is 21.1 Å². The van der Waals surface area contributed by atoms with Crippen LogP contribution in [0.1, 0.15) is 70.3 Å². The third-order valence-electron chi connectivity index (χ3n) is 23.2. The summed E-state index contributed by atoms with van der Waals surface area (Å²) in [6.07, 6.45) is 19.0. The topological polar surface area (TPSA) is 230 Å². The van der Waals surface area contributed by atoms with Crippen molar-refractivity contribution < 1.29 is 58.1 Å². The molecule has 2 aliphatic rings. The molecule has 0 bridgehead atoms. The summed E-state index contributed by atoms with van der Waals surface area (Å²) in [5, 5.41) is 8.59. The van der Waals surface area contributed by atoms with E-state index in [4.69, 9.17) is 44.2 Å². The molecule has 17 aromatic heterocycles. The molecular formula is C95H85N14O10+3. The number of hydrogen-bond acceptors (Lipinski definition) is 19. The van der Waals surface area contributed by atoms with Gasteiger partial charge in [0.05, 0.1) is 72.1 Å². The molecule has 0 amide bonds. The van der Waals surface area contributed by atoms with Crippen molar-refractivity contribution in [3.8, 4) is 22.6 Å². The van der Waals surface area contributed by atoms with Gasteiger partial charge in [0.2, 0.25) is 28.5 Å². The first-order chi connectivity index (χ1) is 57.5. The number of fused-ring (bicyclic) bond motifs is 23. The normalized spacial score (nSPS) is 14.3. The molecule has 0 unspecified atom stereocenters. The molecule has 5 aromatic carbocycles. The summed E-state index contributed by atoms with van der Waals surface area (Å²) in [4.78, 5) is 31.1. The highest BCUT2D eigenvalue weighted by atomic mass is 16.5. The van der Waals surface area contributed by atoms with E-state index in [0.717, 1.165) is 200 Å². The lowest BCUT2D eigenvalue weighted by Crippen LogP contribution is -2.37. The van der Waals surface area contributed by atoms with Crippen LogP contribution in [0, 0.1) is 69.2 Å². The van der Waals surface area contributed by atoms with Crippen molar-refractivity contribution in [1.82, 2.24) is 44.1 Å². The molecule has 0 saturated carbocycles. The van der Waals surface area contributed by atoms with Gasteiger partial charge in [-0.15, -0.1) is 18.7 Å². The Morgan fingerprint density at radius 3 is 1.24 bits per heavy atom. The van der Waals surface area contributed by atoms with Crippen LogP contribution in [0.5, 0.6) is 0 Å². The van der Waals surface area contributed by atoms with Crippen molar-refractivity contribution in [2.75, 3.05) is 23.9 Å². The first-order valence-corrected chi connectivity index (χ1v) is 39.6. The molecular weight excluding hydrogens is 1500 g/mol. The molecule has 0 aliphatic carbocycles. The van der Waals surface area contributed by atoms with E-state index in [1.54, 1.807) is 0 Å². The monoisotopic (exact) mass is 1580 g/mol. The maximum atomic E-state index is 6.33. The summed E-state index contributed by atoms with van der Waals surface area (Å²) in [5.41, 5.74) is 29.7. The highest BCUT2D eigenvalue weighted by Crippen LogP contribution is 2.46. The fraction of sp³-hybridized carbons (Fsp3) is 0.200. The molecule has 0 saturated heterocycles. The molecule has 24 nitrogen and oxygen atoms in total. The number of rotatable bonds is 5. The van der Waals surface area contributed by atoms with Crippen molar-refractivity contribution in [3.63, 3.8) is 0 Å². The molecule has 2 atom stereocenters. The quantitative estimate of drug-likeness (QED) is 0.146. The number of anilines is 2. The van der Waals surface area contributed by atoms with E-state index in [-0.39, 0.29) is 12.3 Å². The Morgan fingerprint density at radius 2 is 0.756 bits per heavy atom. The van der Waals surface area contributed by atoms with Crippen molar-refractivity contribution in [3.05, 3.63) is 252 Å². The molecule has 24 heteroatoms. The van der Waals surface area contributed by atoms with Crippen molar-refractivity contribution in [1.29, 1.82) is 0 Å². The minimum absolute atomic E-state index is 0.238. The summed E-state index contributed by atoms with van der Waals surface area (Å²) in [6.45, 7) is 24.5. The Kier molecular flexibility index (Phi) is 17.1. The molecule has 119 heavy (non-hydrogen) atoms. The number of pyridine rings is 5. The zero-order valence-electron chi connectivity index (χ0n) is 69.0. The minimum Gasteiger partial charge on any atom is -0.452 e. The Hall–Kier alpha value is -14.7. The van der Waals surface area contributed by atoms with Gasteiger partial charge in [0.1, 0.15) is 36.2 Å². The summed E-state index contributed by atoms with van der Waals surface area (Å²) in [5.74, 6) is 1.12. The predicted octanol–water partition coefficient (Wildman–Crippen LogP) is 21.4. The molecule has 0 spiro atoms. The van der Waals surface area contributed by atoms with Crippen molar-refractivity contribution >= 4 is 167 Å². The van der Waals surface area contributed by atoms with Crippen LogP contribution in [0.3, 0.4) is 0 Å². The third-order valence-corrected chi connectivity index (χ3v) is 23.2. The summed E-state index contributed by atoms with van der Waals surface area (Å²) in [7, 11) is 10.2. The largest absolute Gasteiger partial charge is 0.452 e. The average Bonchev–Trinajstić information content (AvgIpc) is 1.59. The Morgan fingerprint density at radius 1 is 0.328 bits per heavy atom. The van der Waals surface area contributed by atoms with Crippen LogP contribution in [0.15, 0.2) is 239 Å². The van der Waals surface area contributed by atoms with Crippen LogP contribution in [0.25, 0.3) is 178 Å². The number of nitrogens with zero attached hydrogens (tertiary/aromatic N) is 14. The number of oxazole rings is 1. The fourth-order valence-corrected chi connectivity index (χ4v) is 16.6. The average molecular weight is 1580 g/mol. The molecule has 19 heterocycles. The smallest absolute Gasteiger partial charge is 0.319 e. The second-order valence-electron chi connectivity index (χ2n) is 31.3. The Labute approximate surface area is 680 Å². The van der Waals surface area contributed by atoms with E-state index in [0.29, 0.717) is 34.5 Å². The SMILES string of the molecule is Cc1ccc2c(n1)oc1c3cc(C)c(-n4ccc[n+]4C)cc3oc21.Cc1ccc2c(n1)oc1c3cc(C)c(N4C=CN(C)[C@@H]4C)cc3oc21.Cc1ccc2c(n1)oc1c3ccc(C)c(-n4ccc[n+]4C)c3oc21.Cc1ccc2c(n1)oc1c3ccc(C)c(N4C=CN(C)[C@@H]4C)c3oc21.Cc1nc2c(o1)oc1c(-c3cccc[n+]3C)c(C)ccc12. The summed E-state index contributed by atoms with van der Waals surface area (Å²) < 4.78 is 70.7. The highest BCUT2D eigenvalue weighted by Gasteiger charge is 2.31. The maximum Gasteiger partial charge on any atom is 0.319 e. The Bertz CT molecular complexity index is 7950. The zero-order valence-corrected chi connectivity index (χ0v) is 69.0. The third kappa shape index (κ3) is 12.0. The van der Waals surface area contributed by atoms with Gasteiger partial charge in [0.15, 0.2) is 111 Å². The van der Waals surface area contributed by atoms with E-state index in [1.165, 1.54) is 11.1 Å². The molecule has 24 rings (SSSR count). The van der Waals surface area contributed by atoms with Crippen LogP contribution in [0.2, 0.25) is 0 Å². The van der Waals surface area contributed by atoms with Gasteiger partial charge >= 0.3 is 5.78 Å². The summed E-state index contributed by atoms with van der Waals surface area (Å²) >= 11 is 0. The maximum absolute atomic E-state index is 6.33. The molecule has 0 N–H and O–H groups in total. The first-order valence-electron chi connectivity index (χ1n) is 39.6. The van der Waals surface area contributed by atoms with Crippen LogP contribution in [-0.4, -0.2) is 70.5 Å². The lowest BCUT2D eigenvalue weighted by atomic mass is 10.0. The second-order valence-corrected chi connectivity index (χ2v) is 31.3. The van der Waals surface area contributed by atoms with Crippen molar-refractivity contribution in [2.45, 2.75) is 95.4 Å². The lowest BCUT2D eigenvalue weighted by Gasteiger charge is -2.28. The van der Waals surface area contributed by atoms with Crippen LogP contribution in [0.4, 0.5) is 11.4 Å². The van der Waals surface area contributed by atoms with Crippen LogP contribution in [-0.2, 0) is 21.1 Å². The zero-order chi connectivity index (χ0) is 82.0. The second kappa shape index (κ2) is 27.8. The number of furan rings is 9. The van der Waals surface area contributed by atoms with Gasteiger partial charge in [-0.3, -0.25) is 0 Å². The van der Waals surface area contributed by atoms with Gasteiger partial charge in [-0.2, -0.15) is 0 Å². The van der Waals surface area contributed by atoms with E-state index < -0.39 is 0 Å². The van der Waals surface area contributed by atoms with Gasteiger partial charge in [-0.1, -0.05) is 18.2 Å². The minimum atomic E-state index is 0.238. The first kappa shape index (κ1) is 73.2. The van der Waals surface area contributed by atoms with Gasteiger partial charge in [0.25, 0.3) is 0 Å². The molecule has 0 radical (unpaired) electrons. The summed E-state index contributed by atoms with van der Waals surface area (Å²) in [6, 6.07) is 47.0. The number of benzene rings is 5. The van der Waals surface area contributed by atoms with E-state index >= 15 is 0 Å². The van der Waals surface area contributed by atoms with E-state index in [2.05, 4.69) is 206 Å². The number of aromatic nitrogens is 10. The highest BCUT2D eigenvalue weighted by molar-refractivity contribution is 6.17. The Balaban J connectivity index is 0.0000000954. The molecule has 592 valence electrons. The van der Waals surface area contributed by atoms with Gasteiger partial charge < -0.3 is 63.8 Å². The number of aryl methyl sites for hydroxylation is 13. The van der Waals surface area contributed by atoms with Crippen LogP contribution >= 0.6 is 0 Å². The fourth-order valence-electron chi connectivity index (χ4n) is 16.6. The molecule has 0 fully saturated rings. The van der Waals surface area contributed by atoms with E-state index in [1.807, 2.05) is 175 Å². The lowest BCUT2D eigenvalue weighted by molar-refractivity contribution is -0.744. The molecule has 22 aromatic rings.